The van der Waals surface area contributed by atoms with Gasteiger partial charge in [-0.3, -0.25) is 19.6 Å². The summed E-state index contributed by atoms with van der Waals surface area (Å²) in [5.74, 6) is -1.09. The van der Waals surface area contributed by atoms with Crippen molar-refractivity contribution in [2.75, 3.05) is 13.2 Å². The van der Waals surface area contributed by atoms with Crippen molar-refractivity contribution >= 4 is 40.8 Å². The molecule has 1 aromatic rings. The Labute approximate surface area is 266 Å². The van der Waals surface area contributed by atoms with Crippen LogP contribution in [0.25, 0.3) is 0 Å². The lowest BCUT2D eigenvalue weighted by Crippen LogP contribution is -2.44. The largest absolute Gasteiger partial charge is 0.466 e. The number of hydrogen-bond donors (Lipinski definition) is 2. The Bertz CT molecular complexity index is 1240. The van der Waals surface area contributed by atoms with Crippen molar-refractivity contribution in [3.8, 4) is 0 Å². The fraction of sp³-hybridized carbons (Fsp3) is 0.677. The molecule has 2 saturated carbocycles. The highest BCUT2D eigenvalue weighted by Crippen LogP contribution is 2.44. The maximum atomic E-state index is 14.6. The third-order valence-corrected chi connectivity index (χ3v) is 10.2. The highest BCUT2D eigenvalue weighted by Gasteiger charge is 2.48. The molecule has 2 unspecified atom stereocenters. The Balaban J connectivity index is 1.64. The number of rotatable bonds is 8. The van der Waals surface area contributed by atoms with Crippen molar-refractivity contribution in [3.05, 3.63) is 39.8 Å². The molecule has 1 saturated heterocycles. The molecule has 2 heterocycles. The molecule has 0 bridgehead atoms. The number of aliphatic hydroxyl groups excluding tert-OH is 1. The van der Waals surface area contributed by atoms with Gasteiger partial charge in [0.25, 0.3) is 5.91 Å². The van der Waals surface area contributed by atoms with Gasteiger partial charge in [-0.2, -0.15) is 13.2 Å². The maximum absolute atomic E-state index is 14.6. The standard InChI is InChI=1S/C31H41Cl2F3N4O4/c1-3-44-29(43)30(2)11-9-20(10-12-30)39-27(31(34,35)36)21(14-37)28(42)40-17-19(18-7-5-4-6-8-18)13-24(40)26(41)25-22(32)15-38-16-23(25)33/h14-16,18-20,24,26,41H,3-13,17,37H2,1-2H3/t19-,20?,24?,26?,30?/m1/s1. The average molecular weight is 662 g/mol. The second-order valence-electron chi connectivity index (χ2n) is 12.4. The molecule has 2 aliphatic carbocycles. The number of carbonyl (C=O) groups is 2. The number of halogens is 5. The third kappa shape index (κ3) is 7.53. The number of likely N-dealkylation sites (tertiary alicyclic amines) is 1. The molecule has 13 heteroatoms. The Morgan fingerprint density at radius 1 is 1.16 bits per heavy atom. The Morgan fingerprint density at radius 2 is 1.77 bits per heavy atom. The SMILES string of the molecule is CCOC(=O)C1(C)CCC(N=C(C(=CN)C(=O)N2C[C@H](C3CCCCC3)CC2C(O)c2c(Cl)cncc2Cl)C(F)(F)F)CC1. The van der Waals surface area contributed by atoms with Crippen molar-refractivity contribution in [2.24, 2.45) is 28.0 Å². The van der Waals surface area contributed by atoms with Crippen molar-refractivity contribution in [1.29, 1.82) is 0 Å². The van der Waals surface area contributed by atoms with Crippen LogP contribution in [-0.4, -0.2) is 64.0 Å². The van der Waals surface area contributed by atoms with Gasteiger partial charge in [0.15, 0.2) is 5.71 Å². The highest BCUT2D eigenvalue weighted by atomic mass is 35.5. The van der Waals surface area contributed by atoms with Crippen LogP contribution < -0.4 is 5.73 Å². The summed E-state index contributed by atoms with van der Waals surface area (Å²) in [6.45, 7) is 3.82. The molecule has 1 aliphatic heterocycles. The predicted molar refractivity (Wildman–Crippen MR) is 162 cm³/mol. The van der Waals surface area contributed by atoms with Gasteiger partial charge in [0, 0.05) is 30.7 Å². The van der Waals surface area contributed by atoms with Crippen LogP contribution in [0.5, 0.6) is 0 Å². The lowest BCUT2D eigenvalue weighted by molar-refractivity contribution is -0.156. The minimum atomic E-state index is -4.98. The molecule has 4 rings (SSSR count). The quantitative estimate of drug-likeness (QED) is 0.185. The minimum Gasteiger partial charge on any atom is -0.466 e. The van der Waals surface area contributed by atoms with Gasteiger partial charge >= 0.3 is 12.1 Å². The number of aliphatic hydroxyl groups is 1. The van der Waals surface area contributed by atoms with E-state index in [0.717, 1.165) is 32.1 Å². The van der Waals surface area contributed by atoms with Gasteiger partial charge < -0.3 is 20.5 Å². The molecule has 3 N–H and O–H groups in total. The molecule has 8 nitrogen and oxygen atoms in total. The number of amides is 1. The Kier molecular flexibility index (Phi) is 11.3. The summed E-state index contributed by atoms with van der Waals surface area (Å²) in [4.78, 5) is 35.7. The number of aliphatic imine (C=N–C) groups is 1. The fourth-order valence-electron chi connectivity index (χ4n) is 7.04. The predicted octanol–water partition coefficient (Wildman–Crippen LogP) is 6.58. The second kappa shape index (κ2) is 14.4. The van der Waals surface area contributed by atoms with E-state index in [4.69, 9.17) is 33.7 Å². The second-order valence-corrected chi connectivity index (χ2v) is 13.3. The van der Waals surface area contributed by atoms with Crippen molar-refractivity contribution in [2.45, 2.75) is 102 Å². The van der Waals surface area contributed by atoms with Crippen molar-refractivity contribution in [1.82, 2.24) is 9.88 Å². The van der Waals surface area contributed by atoms with E-state index in [0.29, 0.717) is 25.5 Å². The summed E-state index contributed by atoms with van der Waals surface area (Å²) in [5, 5.41) is 11.7. The van der Waals surface area contributed by atoms with Crippen molar-refractivity contribution < 1.29 is 32.6 Å². The molecule has 1 amide bonds. The number of nitrogens with zero attached hydrogens (tertiary/aromatic N) is 3. The topological polar surface area (TPSA) is 118 Å². The van der Waals surface area contributed by atoms with Crippen LogP contribution in [0.15, 0.2) is 29.2 Å². The molecule has 244 valence electrons. The first-order chi connectivity index (χ1) is 20.8. The number of esters is 1. The summed E-state index contributed by atoms with van der Waals surface area (Å²) in [6, 6.07) is -1.66. The molecule has 1 aromatic heterocycles. The van der Waals surface area contributed by atoms with E-state index in [1.165, 1.54) is 17.3 Å². The van der Waals surface area contributed by atoms with E-state index in [1.807, 2.05) is 0 Å². The van der Waals surface area contributed by atoms with E-state index in [9.17, 15) is 27.9 Å². The van der Waals surface area contributed by atoms with E-state index < -0.39 is 47.0 Å². The first-order valence-corrected chi connectivity index (χ1v) is 16.1. The zero-order valence-corrected chi connectivity index (χ0v) is 26.6. The normalized spacial score (nSPS) is 28.2. The lowest BCUT2D eigenvalue weighted by atomic mass is 9.74. The summed E-state index contributed by atoms with van der Waals surface area (Å²) >= 11 is 12.7. The van der Waals surface area contributed by atoms with Gasteiger partial charge in [-0.15, -0.1) is 0 Å². The third-order valence-electron chi connectivity index (χ3n) is 9.56. The van der Waals surface area contributed by atoms with Crippen LogP contribution >= 0.6 is 23.2 Å². The number of hydrogen-bond acceptors (Lipinski definition) is 7. The highest BCUT2D eigenvalue weighted by molar-refractivity contribution is 6.35. The molecular formula is C31H41Cl2F3N4O4. The van der Waals surface area contributed by atoms with Gasteiger partial charge in [0.1, 0.15) is 6.10 Å². The molecule has 0 spiro atoms. The number of ether oxygens (including phenoxy) is 1. The van der Waals surface area contributed by atoms with Crippen LogP contribution in [0.3, 0.4) is 0 Å². The minimum absolute atomic E-state index is 0.0255. The molecule has 0 aromatic carbocycles. The first-order valence-electron chi connectivity index (χ1n) is 15.3. The van der Waals surface area contributed by atoms with E-state index in [2.05, 4.69) is 9.98 Å². The lowest BCUT2D eigenvalue weighted by Gasteiger charge is -2.34. The number of alkyl halides is 3. The summed E-state index contributed by atoms with van der Waals surface area (Å²) in [6.07, 6.45) is 3.48. The molecular weight excluding hydrogens is 620 g/mol. The van der Waals surface area contributed by atoms with Gasteiger partial charge in [-0.25, -0.2) is 0 Å². The van der Waals surface area contributed by atoms with Crippen LogP contribution in [0.1, 0.15) is 89.7 Å². The number of pyridine rings is 1. The van der Waals surface area contributed by atoms with Gasteiger partial charge in [-0.05, 0) is 57.8 Å². The number of carbonyl (C=O) groups excluding carboxylic acids is 2. The molecule has 44 heavy (non-hydrogen) atoms. The monoisotopic (exact) mass is 660 g/mol. The molecule has 3 aliphatic rings. The van der Waals surface area contributed by atoms with Crippen LogP contribution in [0.4, 0.5) is 13.2 Å². The van der Waals surface area contributed by atoms with Gasteiger partial charge in [0.2, 0.25) is 0 Å². The van der Waals surface area contributed by atoms with E-state index >= 15 is 0 Å². The maximum Gasteiger partial charge on any atom is 0.433 e. The van der Waals surface area contributed by atoms with Crippen LogP contribution in [0, 0.1) is 17.3 Å². The smallest absolute Gasteiger partial charge is 0.433 e. The zero-order valence-electron chi connectivity index (χ0n) is 25.1. The molecule has 0 radical (unpaired) electrons. The summed E-state index contributed by atoms with van der Waals surface area (Å²) < 4.78 is 48.9. The Morgan fingerprint density at radius 3 is 2.32 bits per heavy atom. The van der Waals surface area contributed by atoms with Gasteiger partial charge in [0.05, 0.1) is 39.7 Å². The van der Waals surface area contributed by atoms with Gasteiger partial charge in [-0.1, -0.05) is 55.3 Å². The van der Waals surface area contributed by atoms with E-state index in [-0.39, 0.29) is 59.4 Å². The summed E-state index contributed by atoms with van der Waals surface area (Å²) in [7, 11) is 0. The van der Waals surface area contributed by atoms with Crippen LogP contribution in [0.2, 0.25) is 10.0 Å². The summed E-state index contributed by atoms with van der Waals surface area (Å²) in [5.41, 5.74) is 2.99. The fourth-order valence-corrected chi connectivity index (χ4v) is 7.63. The Hall–Kier alpha value is -2.37. The van der Waals surface area contributed by atoms with Crippen molar-refractivity contribution in [3.63, 3.8) is 0 Å². The number of aromatic nitrogens is 1. The number of nitrogens with two attached hydrogens (primary N) is 1. The average Bonchev–Trinajstić information content (AvgIpc) is 3.44. The van der Waals surface area contributed by atoms with E-state index in [1.54, 1.807) is 13.8 Å². The zero-order chi connectivity index (χ0) is 32.2. The first kappa shape index (κ1) is 34.5. The van der Waals surface area contributed by atoms with Crippen LogP contribution in [-0.2, 0) is 14.3 Å². The molecule has 3 atom stereocenters. The molecule has 3 fully saturated rings.